The van der Waals surface area contributed by atoms with Crippen LogP contribution >= 0.6 is 0 Å². The summed E-state index contributed by atoms with van der Waals surface area (Å²) in [4.78, 5) is 25.6. The highest BCUT2D eigenvalue weighted by atomic mass is 16.6. The smallest absolute Gasteiger partial charge is 0.307 e. The van der Waals surface area contributed by atoms with Crippen LogP contribution in [0.4, 0.5) is 0 Å². The average Bonchev–Trinajstić information content (AvgIpc) is 2.51. The fourth-order valence-electron chi connectivity index (χ4n) is 2.41. The minimum Gasteiger partial charge on any atom is -0.460 e. The molecule has 0 aromatic heterocycles. The summed E-state index contributed by atoms with van der Waals surface area (Å²) in [6.07, 6.45) is 0.732. The Hall–Kier alpha value is -1.22. The number of nitrogens with two attached hydrogens (primary N) is 1. The Kier molecular flexibility index (Phi) is 13.3. The Morgan fingerprint density at radius 3 is 1.75 bits per heavy atom. The molecule has 0 saturated heterocycles. The minimum atomic E-state index is -0.451. The van der Waals surface area contributed by atoms with E-state index in [9.17, 15) is 9.59 Å². The molecular formula is C20H42N4O4. The summed E-state index contributed by atoms with van der Waals surface area (Å²) in [6.45, 7) is 17.0. The van der Waals surface area contributed by atoms with Crippen LogP contribution in [0.2, 0.25) is 0 Å². The van der Waals surface area contributed by atoms with E-state index in [1.807, 2.05) is 41.5 Å². The molecule has 8 heteroatoms. The molecule has 0 aliphatic heterocycles. The van der Waals surface area contributed by atoms with Gasteiger partial charge in [-0.05, 0) is 41.5 Å². The second-order valence-corrected chi connectivity index (χ2v) is 8.80. The van der Waals surface area contributed by atoms with Crippen molar-refractivity contribution in [1.82, 2.24) is 15.5 Å². The summed E-state index contributed by atoms with van der Waals surface area (Å²) in [7, 11) is 0. The molecule has 0 amide bonds. The maximum absolute atomic E-state index is 11.8. The first-order chi connectivity index (χ1) is 12.9. The molecule has 28 heavy (non-hydrogen) atoms. The van der Waals surface area contributed by atoms with Gasteiger partial charge in [-0.2, -0.15) is 0 Å². The predicted octanol–water partition coefficient (Wildman–Crippen LogP) is 0.890. The van der Waals surface area contributed by atoms with Crippen LogP contribution in [0, 0.1) is 0 Å². The molecule has 0 heterocycles. The molecule has 0 aliphatic carbocycles. The second-order valence-electron chi connectivity index (χ2n) is 8.80. The quantitative estimate of drug-likeness (QED) is 0.291. The summed E-state index contributed by atoms with van der Waals surface area (Å²) in [5.74, 6) is -0.368. The minimum absolute atomic E-state index is 0.184. The van der Waals surface area contributed by atoms with Gasteiger partial charge in [0.15, 0.2) is 0 Å². The standard InChI is InChI=1S/C20H42N4O4/c1-19(2,3)27-17(25)7-10-22-11-12-23-13-16-24(15-9-21)14-8-18(26)28-20(4,5)6/h22-23H,7-16,21H2,1-6H3. The predicted molar refractivity (Wildman–Crippen MR) is 112 cm³/mol. The van der Waals surface area contributed by atoms with Crippen molar-refractivity contribution < 1.29 is 19.1 Å². The van der Waals surface area contributed by atoms with Crippen molar-refractivity contribution in [2.45, 2.75) is 65.6 Å². The van der Waals surface area contributed by atoms with Gasteiger partial charge in [0.1, 0.15) is 11.2 Å². The zero-order valence-corrected chi connectivity index (χ0v) is 18.7. The Morgan fingerprint density at radius 1 is 0.750 bits per heavy atom. The van der Waals surface area contributed by atoms with Crippen molar-refractivity contribution in [3.63, 3.8) is 0 Å². The highest BCUT2D eigenvalue weighted by molar-refractivity contribution is 5.70. The van der Waals surface area contributed by atoms with Gasteiger partial charge in [0, 0.05) is 52.4 Å². The van der Waals surface area contributed by atoms with Gasteiger partial charge in [-0.25, -0.2) is 0 Å². The fraction of sp³-hybridized carbons (Fsp3) is 0.900. The van der Waals surface area contributed by atoms with Crippen molar-refractivity contribution in [1.29, 1.82) is 0 Å². The molecule has 0 aliphatic rings. The molecule has 0 fully saturated rings. The average molecular weight is 403 g/mol. The van der Waals surface area contributed by atoms with E-state index in [1.54, 1.807) is 0 Å². The van der Waals surface area contributed by atoms with Crippen molar-refractivity contribution in [3.8, 4) is 0 Å². The number of hydrogen-bond acceptors (Lipinski definition) is 8. The number of hydrogen-bond donors (Lipinski definition) is 3. The van der Waals surface area contributed by atoms with Gasteiger partial charge in [0.2, 0.25) is 0 Å². The first kappa shape index (κ1) is 26.8. The highest BCUT2D eigenvalue weighted by Gasteiger charge is 2.17. The zero-order valence-electron chi connectivity index (χ0n) is 18.7. The molecule has 0 spiro atoms. The summed E-state index contributed by atoms with van der Waals surface area (Å²) < 4.78 is 10.6. The SMILES string of the molecule is CC(C)(C)OC(=O)CCNCCNCCN(CCN)CCC(=O)OC(C)(C)C. The van der Waals surface area contributed by atoms with E-state index in [0.29, 0.717) is 32.5 Å². The van der Waals surface area contributed by atoms with Crippen molar-refractivity contribution in [3.05, 3.63) is 0 Å². The van der Waals surface area contributed by atoms with E-state index in [0.717, 1.165) is 32.7 Å². The maximum Gasteiger partial charge on any atom is 0.307 e. The second kappa shape index (κ2) is 13.9. The number of rotatable bonds is 14. The van der Waals surface area contributed by atoms with E-state index in [4.69, 9.17) is 15.2 Å². The molecule has 0 unspecified atom stereocenters. The normalized spacial score (nSPS) is 12.3. The van der Waals surface area contributed by atoms with Crippen LogP contribution in [0.1, 0.15) is 54.4 Å². The number of nitrogens with one attached hydrogen (secondary N) is 2. The molecule has 166 valence electrons. The molecule has 0 bridgehead atoms. The first-order valence-electron chi connectivity index (χ1n) is 10.2. The summed E-state index contributed by atoms with van der Waals surface area (Å²) in [5.41, 5.74) is 4.78. The third kappa shape index (κ3) is 18.2. The van der Waals surface area contributed by atoms with Gasteiger partial charge in [-0.15, -0.1) is 0 Å². The fourth-order valence-corrected chi connectivity index (χ4v) is 2.41. The number of nitrogens with zero attached hydrogens (tertiary/aromatic N) is 1. The summed E-state index contributed by atoms with van der Waals surface area (Å²) in [6, 6.07) is 0. The molecule has 0 rings (SSSR count). The molecule has 0 atom stereocenters. The summed E-state index contributed by atoms with van der Waals surface area (Å²) >= 11 is 0. The Morgan fingerprint density at radius 2 is 1.25 bits per heavy atom. The van der Waals surface area contributed by atoms with Crippen molar-refractivity contribution in [2.24, 2.45) is 5.73 Å². The molecule has 8 nitrogen and oxygen atoms in total. The lowest BCUT2D eigenvalue weighted by Gasteiger charge is -2.23. The van der Waals surface area contributed by atoms with Crippen molar-refractivity contribution in [2.75, 3.05) is 52.4 Å². The Balaban J connectivity index is 3.79. The molecule has 0 aromatic carbocycles. The number of esters is 2. The zero-order chi connectivity index (χ0) is 21.6. The monoisotopic (exact) mass is 402 g/mol. The topological polar surface area (TPSA) is 106 Å². The van der Waals surface area contributed by atoms with Gasteiger partial charge in [-0.3, -0.25) is 9.59 Å². The van der Waals surface area contributed by atoms with E-state index in [-0.39, 0.29) is 11.9 Å². The van der Waals surface area contributed by atoms with Crippen LogP contribution in [0.5, 0.6) is 0 Å². The lowest BCUT2D eigenvalue weighted by atomic mass is 10.2. The van der Waals surface area contributed by atoms with E-state index in [1.165, 1.54) is 0 Å². The van der Waals surface area contributed by atoms with Gasteiger partial charge in [0.25, 0.3) is 0 Å². The number of carbonyl (C=O) groups is 2. The molecule has 0 aromatic rings. The lowest BCUT2D eigenvalue weighted by molar-refractivity contribution is -0.156. The number of carbonyl (C=O) groups excluding carboxylic acids is 2. The van der Waals surface area contributed by atoms with Crippen molar-refractivity contribution >= 4 is 11.9 Å². The van der Waals surface area contributed by atoms with Gasteiger partial charge >= 0.3 is 11.9 Å². The Bertz CT molecular complexity index is 444. The third-order valence-electron chi connectivity index (χ3n) is 3.51. The number of ether oxygens (including phenoxy) is 2. The maximum atomic E-state index is 11.8. The van der Waals surface area contributed by atoms with E-state index in [2.05, 4.69) is 15.5 Å². The molecular weight excluding hydrogens is 360 g/mol. The van der Waals surface area contributed by atoms with Crippen LogP contribution in [0.3, 0.4) is 0 Å². The van der Waals surface area contributed by atoms with Gasteiger partial charge in [-0.1, -0.05) is 0 Å². The first-order valence-corrected chi connectivity index (χ1v) is 10.2. The van der Waals surface area contributed by atoms with E-state index >= 15 is 0 Å². The van der Waals surface area contributed by atoms with Crippen LogP contribution in [-0.2, 0) is 19.1 Å². The van der Waals surface area contributed by atoms with Gasteiger partial charge < -0.3 is 30.7 Å². The third-order valence-corrected chi connectivity index (χ3v) is 3.51. The molecule has 4 N–H and O–H groups in total. The largest absolute Gasteiger partial charge is 0.460 e. The lowest BCUT2D eigenvalue weighted by Crippen LogP contribution is -2.39. The summed E-state index contributed by atoms with van der Waals surface area (Å²) in [5, 5.41) is 6.57. The van der Waals surface area contributed by atoms with Crippen LogP contribution < -0.4 is 16.4 Å². The Labute approximate surface area is 170 Å². The molecule has 0 radical (unpaired) electrons. The molecule has 0 saturated carbocycles. The van der Waals surface area contributed by atoms with Crippen LogP contribution in [-0.4, -0.2) is 80.4 Å². The van der Waals surface area contributed by atoms with E-state index < -0.39 is 11.2 Å². The van der Waals surface area contributed by atoms with Crippen LogP contribution in [0.15, 0.2) is 0 Å². The van der Waals surface area contributed by atoms with Gasteiger partial charge in [0.05, 0.1) is 12.8 Å². The van der Waals surface area contributed by atoms with Crippen LogP contribution in [0.25, 0.3) is 0 Å². The highest BCUT2D eigenvalue weighted by Crippen LogP contribution is 2.09.